The van der Waals surface area contributed by atoms with Gasteiger partial charge in [-0.3, -0.25) is 9.59 Å². The zero-order chi connectivity index (χ0) is 14.6. The van der Waals surface area contributed by atoms with E-state index in [1.54, 1.807) is 0 Å². The molecule has 1 N–H and O–H groups in total. The van der Waals surface area contributed by atoms with Crippen molar-refractivity contribution in [3.63, 3.8) is 0 Å². The fourth-order valence-electron chi connectivity index (χ4n) is 1.65. The number of aromatic nitrogens is 2. The zero-order valence-corrected chi connectivity index (χ0v) is 11.0. The molecule has 0 spiro atoms. The topological polar surface area (TPSA) is 107 Å². The quantitative estimate of drug-likeness (QED) is 0.597. The Labute approximate surface area is 110 Å². The van der Waals surface area contributed by atoms with E-state index in [9.17, 15) is 19.7 Å². The molecule has 0 saturated heterocycles. The molecule has 0 aliphatic carbocycles. The van der Waals surface area contributed by atoms with Crippen LogP contribution in [0.15, 0.2) is 12.5 Å². The smallest absolute Gasteiger partial charge is 0.358 e. The van der Waals surface area contributed by atoms with Gasteiger partial charge in [-0.05, 0) is 22.7 Å². The van der Waals surface area contributed by atoms with Crippen LogP contribution < -0.4 is 5.32 Å². The highest BCUT2D eigenvalue weighted by atomic mass is 16.6. The van der Waals surface area contributed by atoms with Crippen molar-refractivity contribution in [1.82, 2.24) is 14.9 Å². The minimum atomic E-state index is -0.638. The molecule has 19 heavy (non-hydrogen) atoms. The summed E-state index contributed by atoms with van der Waals surface area (Å²) < 4.78 is 1.30. The summed E-state index contributed by atoms with van der Waals surface area (Å²) in [6.45, 7) is 4.95. The van der Waals surface area contributed by atoms with Gasteiger partial charge < -0.3 is 20.0 Å². The summed E-state index contributed by atoms with van der Waals surface area (Å²) in [5.74, 6) is -0.848. The van der Waals surface area contributed by atoms with E-state index < -0.39 is 11.0 Å². The molecule has 8 heteroatoms. The highest BCUT2D eigenvalue weighted by Gasteiger charge is 2.21. The molecule has 0 radical (unpaired) electrons. The third-order valence-electron chi connectivity index (χ3n) is 2.55. The molecule has 0 aliphatic heterocycles. The average molecular weight is 268 g/mol. The minimum absolute atomic E-state index is 0.0152. The zero-order valence-electron chi connectivity index (χ0n) is 11.0. The molecular formula is C11H16N4O4. The predicted octanol–water partition coefficient (Wildman–Crippen LogP) is 0.521. The van der Waals surface area contributed by atoms with Crippen molar-refractivity contribution in [2.75, 3.05) is 0 Å². The van der Waals surface area contributed by atoms with Gasteiger partial charge in [0.25, 0.3) is 0 Å². The predicted molar refractivity (Wildman–Crippen MR) is 66.3 cm³/mol. The lowest BCUT2D eigenvalue weighted by Gasteiger charge is -2.19. The second-order valence-electron chi connectivity index (χ2n) is 4.56. The average Bonchev–Trinajstić information content (AvgIpc) is 2.73. The first kappa shape index (κ1) is 14.8. The molecule has 1 heterocycles. The van der Waals surface area contributed by atoms with Crippen LogP contribution in [0.4, 0.5) is 5.82 Å². The fraction of sp³-hybridized carbons (Fsp3) is 0.545. The Morgan fingerprint density at radius 2 is 2.16 bits per heavy atom. The molecule has 1 rings (SSSR count). The third-order valence-corrected chi connectivity index (χ3v) is 2.55. The van der Waals surface area contributed by atoms with E-state index in [1.165, 1.54) is 17.8 Å². The summed E-state index contributed by atoms with van der Waals surface area (Å²) in [6, 6.07) is -0.550. The molecule has 0 aromatic carbocycles. The number of ketones is 1. The lowest BCUT2D eigenvalue weighted by Crippen LogP contribution is -2.44. The maximum atomic E-state index is 11.7. The highest BCUT2D eigenvalue weighted by Crippen LogP contribution is 2.06. The van der Waals surface area contributed by atoms with Gasteiger partial charge in [-0.15, -0.1) is 0 Å². The Hall–Kier alpha value is -2.25. The molecule has 0 saturated carbocycles. The number of Topliss-reactive ketones (excluding diaryl/α,β-unsaturated/α-hetero) is 1. The van der Waals surface area contributed by atoms with Crippen LogP contribution in [0.3, 0.4) is 0 Å². The summed E-state index contributed by atoms with van der Waals surface area (Å²) in [4.78, 5) is 36.4. The molecule has 0 bridgehead atoms. The van der Waals surface area contributed by atoms with E-state index in [1.807, 2.05) is 13.8 Å². The summed E-state index contributed by atoms with van der Waals surface area (Å²) in [5, 5.41) is 13.0. The van der Waals surface area contributed by atoms with Gasteiger partial charge in [0.05, 0.1) is 6.04 Å². The Morgan fingerprint density at radius 1 is 1.53 bits per heavy atom. The van der Waals surface area contributed by atoms with Crippen molar-refractivity contribution in [2.45, 2.75) is 33.4 Å². The number of nitrogens with zero attached hydrogens (tertiary/aromatic N) is 3. The molecule has 8 nitrogen and oxygen atoms in total. The standard InChI is InChI=1S/C11H16N4O4/c1-7(2)11(8(3)16)13-10(17)5-14-4-9(12-6-14)15(18)19/h4,6-7,11H,5H2,1-3H3,(H,13,17). The van der Waals surface area contributed by atoms with Crippen LogP contribution >= 0.6 is 0 Å². The molecule has 104 valence electrons. The number of carbonyl (C=O) groups is 2. The van der Waals surface area contributed by atoms with E-state index in [0.717, 1.165) is 6.20 Å². The molecular weight excluding hydrogens is 252 g/mol. The number of hydrogen-bond donors (Lipinski definition) is 1. The van der Waals surface area contributed by atoms with Crippen LogP contribution in [0, 0.1) is 16.0 Å². The monoisotopic (exact) mass is 268 g/mol. The van der Waals surface area contributed by atoms with Crippen LogP contribution in [-0.2, 0) is 16.1 Å². The van der Waals surface area contributed by atoms with Gasteiger partial charge in [0.2, 0.25) is 12.2 Å². The summed E-state index contributed by atoms with van der Waals surface area (Å²) in [6.07, 6.45) is 2.37. The number of nitrogens with one attached hydrogen (secondary N) is 1. The molecule has 1 unspecified atom stereocenters. The number of rotatable bonds is 6. The van der Waals surface area contributed by atoms with Crippen LogP contribution in [0.5, 0.6) is 0 Å². The first-order valence-electron chi connectivity index (χ1n) is 5.77. The van der Waals surface area contributed by atoms with Crippen LogP contribution in [-0.4, -0.2) is 32.2 Å². The van der Waals surface area contributed by atoms with Gasteiger partial charge >= 0.3 is 5.82 Å². The second kappa shape index (κ2) is 6.07. The van der Waals surface area contributed by atoms with E-state index >= 15 is 0 Å². The van der Waals surface area contributed by atoms with Crippen LogP contribution in [0.2, 0.25) is 0 Å². The molecule has 1 aromatic heterocycles. The number of amides is 1. The fourth-order valence-corrected chi connectivity index (χ4v) is 1.65. The second-order valence-corrected chi connectivity index (χ2v) is 4.56. The number of imidazole rings is 1. The van der Waals surface area contributed by atoms with Crippen molar-refractivity contribution in [1.29, 1.82) is 0 Å². The lowest BCUT2D eigenvalue weighted by atomic mass is 10.0. The molecule has 1 aromatic rings. The Bertz CT molecular complexity index is 495. The number of carbonyl (C=O) groups excluding carboxylic acids is 2. The first-order valence-corrected chi connectivity index (χ1v) is 5.77. The van der Waals surface area contributed by atoms with Crippen molar-refractivity contribution in [3.05, 3.63) is 22.6 Å². The molecule has 1 atom stereocenters. The van der Waals surface area contributed by atoms with E-state index in [0.29, 0.717) is 0 Å². The summed E-state index contributed by atoms with van der Waals surface area (Å²) >= 11 is 0. The van der Waals surface area contributed by atoms with Crippen molar-refractivity contribution >= 4 is 17.5 Å². The summed E-state index contributed by atoms with van der Waals surface area (Å²) in [7, 11) is 0. The van der Waals surface area contributed by atoms with Gasteiger partial charge in [0, 0.05) is 0 Å². The Kier molecular flexibility index (Phi) is 4.74. The third kappa shape index (κ3) is 4.16. The van der Waals surface area contributed by atoms with Gasteiger partial charge in [0.1, 0.15) is 12.7 Å². The molecule has 1 amide bonds. The minimum Gasteiger partial charge on any atom is -0.358 e. The molecule has 0 aliphatic rings. The first-order chi connectivity index (χ1) is 8.81. The SMILES string of the molecule is CC(=O)C(NC(=O)Cn1cnc([N+](=O)[O-])c1)C(C)C. The van der Waals surface area contributed by atoms with Crippen LogP contribution in [0.1, 0.15) is 20.8 Å². The molecule has 0 fully saturated rings. The van der Waals surface area contributed by atoms with E-state index in [2.05, 4.69) is 10.3 Å². The lowest BCUT2D eigenvalue weighted by molar-refractivity contribution is -0.389. The Balaban J connectivity index is 2.63. The van der Waals surface area contributed by atoms with Gasteiger partial charge in [0.15, 0.2) is 5.78 Å². The van der Waals surface area contributed by atoms with Crippen molar-refractivity contribution in [3.8, 4) is 0 Å². The van der Waals surface area contributed by atoms with Crippen molar-refractivity contribution in [2.24, 2.45) is 5.92 Å². The maximum Gasteiger partial charge on any atom is 0.381 e. The van der Waals surface area contributed by atoms with Gasteiger partial charge in [-0.2, -0.15) is 0 Å². The number of hydrogen-bond acceptors (Lipinski definition) is 5. The van der Waals surface area contributed by atoms with Gasteiger partial charge in [-0.1, -0.05) is 13.8 Å². The van der Waals surface area contributed by atoms with E-state index in [-0.39, 0.29) is 30.0 Å². The maximum absolute atomic E-state index is 11.7. The van der Waals surface area contributed by atoms with E-state index in [4.69, 9.17) is 0 Å². The highest BCUT2D eigenvalue weighted by molar-refractivity contribution is 5.87. The Morgan fingerprint density at radius 3 is 2.58 bits per heavy atom. The van der Waals surface area contributed by atoms with Crippen molar-refractivity contribution < 1.29 is 14.5 Å². The largest absolute Gasteiger partial charge is 0.381 e. The normalized spacial score (nSPS) is 12.2. The summed E-state index contributed by atoms with van der Waals surface area (Å²) in [5.41, 5.74) is 0. The van der Waals surface area contributed by atoms with Crippen LogP contribution in [0.25, 0.3) is 0 Å². The number of nitro groups is 1. The van der Waals surface area contributed by atoms with Gasteiger partial charge in [-0.25, -0.2) is 0 Å².